The fourth-order valence-electron chi connectivity index (χ4n) is 9.96. The predicted octanol–water partition coefficient (Wildman–Crippen LogP) is 20.4. The first-order valence-electron chi connectivity index (χ1n) is 32.2. The van der Waals surface area contributed by atoms with E-state index in [9.17, 15) is 19.8 Å². The summed E-state index contributed by atoms with van der Waals surface area (Å²) in [5.41, 5.74) is 0. The van der Waals surface area contributed by atoms with Crippen molar-refractivity contribution in [3.63, 3.8) is 0 Å². The minimum absolute atomic E-state index is 0.00642. The first-order chi connectivity index (χ1) is 35.5. The number of esters is 1. The van der Waals surface area contributed by atoms with E-state index in [1.54, 1.807) is 0 Å². The fraction of sp³-hybridized carbons (Fsp3) is 0.879. The van der Waals surface area contributed by atoms with Crippen LogP contribution in [0.3, 0.4) is 0 Å². The molecule has 1 amide bonds. The lowest BCUT2D eigenvalue weighted by atomic mass is 10.0. The van der Waals surface area contributed by atoms with Crippen molar-refractivity contribution in [2.45, 2.75) is 360 Å². The summed E-state index contributed by atoms with van der Waals surface area (Å²) in [7, 11) is 0. The highest BCUT2D eigenvalue weighted by molar-refractivity contribution is 5.76. The summed E-state index contributed by atoms with van der Waals surface area (Å²) in [4.78, 5) is 24.6. The third-order valence-electron chi connectivity index (χ3n) is 14.9. The quantitative estimate of drug-likeness (QED) is 0.0320. The molecule has 0 saturated carbocycles. The average molecular weight is 1010 g/mol. The smallest absolute Gasteiger partial charge is 0.305 e. The summed E-state index contributed by atoms with van der Waals surface area (Å²) in [6, 6.07) is -0.546. The van der Waals surface area contributed by atoms with Gasteiger partial charge in [-0.1, -0.05) is 288 Å². The molecule has 0 fully saturated rings. The number of allylic oxidation sites excluding steroid dienone is 6. The summed E-state index contributed by atoms with van der Waals surface area (Å²) in [5.74, 6) is -0.0344. The second-order valence-electron chi connectivity index (χ2n) is 22.1. The van der Waals surface area contributed by atoms with Crippen LogP contribution in [-0.4, -0.2) is 47.4 Å². The number of rotatable bonds is 60. The maximum atomic E-state index is 12.5. The minimum atomic E-state index is -0.668. The molecule has 0 spiro atoms. The number of carbonyl (C=O) groups is 2. The van der Waals surface area contributed by atoms with Gasteiger partial charge in [0, 0.05) is 12.8 Å². The van der Waals surface area contributed by atoms with Gasteiger partial charge in [0.05, 0.1) is 25.4 Å². The highest BCUT2D eigenvalue weighted by Gasteiger charge is 2.20. The van der Waals surface area contributed by atoms with Crippen molar-refractivity contribution in [1.82, 2.24) is 5.32 Å². The van der Waals surface area contributed by atoms with Crippen LogP contribution in [0.25, 0.3) is 0 Å². The SMILES string of the molecule is CCCCC/C=C\C/C=C\CCCCCCCCCCCC(=O)OCCCCCCCCCCCCC/C=C\CCCCCCCCCC(=O)NC(CO)C(O)CCCCCCCCCCCCCCCC. The van der Waals surface area contributed by atoms with Crippen molar-refractivity contribution >= 4 is 11.9 Å². The topological polar surface area (TPSA) is 95.9 Å². The number of aliphatic hydroxyl groups excluding tert-OH is 2. The molecular weight excluding hydrogens is 887 g/mol. The average Bonchev–Trinajstić information content (AvgIpc) is 3.38. The Morgan fingerprint density at radius 2 is 0.694 bits per heavy atom. The van der Waals surface area contributed by atoms with E-state index in [0.717, 1.165) is 51.4 Å². The zero-order chi connectivity index (χ0) is 52.2. The van der Waals surface area contributed by atoms with Crippen molar-refractivity contribution in [1.29, 1.82) is 0 Å². The molecule has 6 heteroatoms. The normalized spacial score (nSPS) is 12.8. The molecule has 0 bridgehead atoms. The van der Waals surface area contributed by atoms with E-state index in [2.05, 4.69) is 55.6 Å². The number of hydrogen-bond acceptors (Lipinski definition) is 5. The maximum Gasteiger partial charge on any atom is 0.305 e. The molecule has 0 aromatic rings. The Bertz CT molecular complexity index is 1170. The van der Waals surface area contributed by atoms with E-state index in [1.165, 1.54) is 263 Å². The van der Waals surface area contributed by atoms with Crippen LogP contribution in [0.4, 0.5) is 0 Å². The van der Waals surface area contributed by atoms with Crippen LogP contribution in [0.2, 0.25) is 0 Å². The van der Waals surface area contributed by atoms with Crippen LogP contribution >= 0.6 is 0 Å². The Kier molecular flexibility index (Phi) is 60.0. The molecule has 2 unspecified atom stereocenters. The maximum absolute atomic E-state index is 12.5. The van der Waals surface area contributed by atoms with Crippen molar-refractivity contribution < 1.29 is 24.5 Å². The van der Waals surface area contributed by atoms with Crippen LogP contribution in [-0.2, 0) is 14.3 Å². The lowest BCUT2D eigenvalue weighted by Crippen LogP contribution is -2.45. The van der Waals surface area contributed by atoms with Crippen molar-refractivity contribution in [3.8, 4) is 0 Å². The molecule has 0 aliphatic heterocycles. The molecular formula is C66H125NO5. The monoisotopic (exact) mass is 1010 g/mol. The van der Waals surface area contributed by atoms with E-state index in [1.807, 2.05) is 0 Å². The fourth-order valence-corrected chi connectivity index (χ4v) is 9.96. The molecule has 0 aromatic heterocycles. The van der Waals surface area contributed by atoms with Gasteiger partial charge >= 0.3 is 5.97 Å². The summed E-state index contributed by atoms with van der Waals surface area (Å²) >= 11 is 0. The molecule has 0 saturated heterocycles. The van der Waals surface area contributed by atoms with Gasteiger partial charge in [-0.15, -0.1) is 0 Å². The van der Waals surface area contributed by atoms with Gasteiger partial charge in [-0.05, 0) is 83.5 Å². The molecule has 0 aliphatic carbocycles. The van der Waals surface area contributed by atoms with Gasteiger partial charge in [0.1, 0.15) is 0 Å². The number of nitrogens with one attached hydrogen (secondary N) is 1. The Hall–Kier alpha value is -1.92. The third kappa shape index (κ3) is 57.4. The van der Waals surface area contributed by atoms with Gasteiger partial charge in [0.25, 0.3) is 0 Å². The number of unbranched alkanes of at least 4 members (excludes halogenated alkanes) is 43. The van der Waals surface area contributed by atoms with Gasteiger partial charge in [-0.3, -0.25) is 9.59 Å². The van der Waals surface area contributed by atoms with Crippen LogP contribution in [0.5, 0.6) is 0 Å². The van der Waals surface area contributed by atoms with Crippen LogP contribution in [0, 0.1) is 0 Å². The highest BCUT2D eigenvalue weighted by Crippen LogP contribution is 2.17. The van der Waals surface area contributed by atoms with Gasteiger partial charge in [0.2, 0.25) is 5.91 Å². The summed E-state index contributed by atoms with van der Waals surface area (Å²) in [6.07, 6.45) is 77.3. The zero-order valence-corrected chi connectivity index (χ0v) is 48.4. The lowest BCUT2D eigenvalue weighted by Gasteiger charge is -2.22. The van der Waals surface area contributed by atoms with Gasteiger partial charge in [-0.2, -0.15) is 0 Å². The van der Waals surface area contributed by atoms with E-state index >= 15 is 0 Å². The molecule has 0 radical (unpaired) electrons. The Balaban J connectivity index is 3.40. The second kappa shape index (κ2) is 61.6. The predicted molar refractivity (Wildman–Crippen MR) is 315 cm³/mol. The number of amides is 1. The van der Waals surface area contributed by atoms with Crippen LogP contribution < -0.4 is 5.32 Å². The largest absolute Gasteiger partial charge is 0.466 e. The minimum Gasteiger partial charge on any atom is -0.466 e. The number of hydrogen-bond donors (Lipinski definition) is 3. The molecule has 3 N–H and O–H groups in total. The zero-order valence-electron chi connectivity index (χ0n) is 48.4. The second-order valence-corrected chi connectivity index (χ2v) is 22.1. The van der Waals surface area contributed by atoms with E-state index in [-0.39, 0.29) is 18.5 Å². The van der Waals surface area contributed by atoms with Crippen LogP contribution in [0.15, 0.2) is 36.5 Å². The van der Waals surface area contributed by atoms with Crippen molar-refractivity contribution in [2.24, 2.45) is 0 Å². The number of aliphatic hydroxyl groups is 2. The summed E-state index contributed by atoms with van der Waals surface area (Å²) in [6.45, 7) is 4.94. The van der Waals surface area contributed by atoms with Gasteiger partial charge < -0.3 is 20.3 Å². The van der Waals surface area contributed by atoms with Crippen molar-refractivity contribution in [2.75, 3.05) is 13.2 Å². The molecule has 2 atom stereocenters. The number of ether oxygens (including phenoxy) is 1. The first kappa shape index (κ1) is 70.1. The van der Waals surface area contributed by atoms with Gasteiger partial charge in [0.15, 0.2) is 0 Å². The molecule has 0 rings (SSSR count). The standard InChI is InChI=1S/C66H125NO5/c1-3-5-7-9-11-13-15-17-19-20-25-29-32-36-40-44-48-52-56-60-66(71)72-61-57-53-49-45-41-37-33-30-27-24-22-21-23-26-28-31-35-39-43-47-51-55-59-65(70)67-63(62-68)64(69)58-54-50-46-42-38-34-18-16-14-12-10-8-6-4-2/h11,13,17,19,23,26,63-64,68-69H,3-10,12,14-16,18,20-22,24-25,27-62H2,1-2H3,(H,67,70)/b13-11-,19-17-,26-23-. The molecule has 424 valence electrons. The first-order valence-corrected chi connectivity index (χ1v) is 32.2. The molecule has 0 heterocycles. The molecule has 72 heavy (non-hydrogen) atoms. The Morgan fingerprint density at radius 1 is 0.389 bits per heavy atom. The number of carbonyl (C=O) groups excluding carboxylic acids is 2. The highest BCUT2D eigenvalue weighted by atomic mass is 16.5. The van der Waals surface area contributed by atoms with Gasteiger partial charge in [-0.25, -0.2) is 0 Å². The molecule has 0 aliphatic rings. The Labute approximate surface area is 449 Å². The lowest BCUT2D eigenvalue weighted by molar-refractivity contribution is -0.143. The Morgan fingerprint density at radius 3 is 1.10 bits per heavy atom. The van der Waals surface area contributed by atoms with E-state index < -0.39 is 12.1 Å². The van der Waals surface area contributed by atoms with Crippen molar-refractivity contribution in [3.05, 3.63) is 36.5 Å². The van der Waals surface area contributed by atoms with E-state index in [4.69, 9.17) is 4.74 Å². The molecule has 0 aromatic carbocycles. The van der Waals surface area contributed by atoms with E-state index in [0.29, 0.717) is 25.9 Å². The summed E-state index contributed by atoms with van der Waals surface area (Å²) in [5, 5.41) is 23.3. The van der Waals surface area contributed by atoms with Crippen LogP contribution in [0.1, 0.15) is 348 Å². The third-order valence-corrected chi connectivity index (χ3v) is 14.9. The summed E-state index contributed by atoms with van der Waals surface area (Å²) < 4.78 is 5.50. The molecule has 6 nitrogen and oxygen atoms in total.